The van der Waals surface area contributed by atoms with Crippen LogP contribution in [-0.2, 0) is 14.4 Å². The van der Waals surface area contributed by atoms with Crippen molar-refractivity contribution in [2.24, 2.45) is 11.3 Å². The molecule has 0 heterocycles. The van der Waals surface area contributed by atoms with Crippen molar-refractivity contribution in [2.45, 2.75) is 26.7 Å². The number of carbonyl (C=O) groups excluding carboxylic acids is 3. The van der Waals surface area contributed by atoms with Gasteiger partial charge in [-0.15, -0.1) is 0 Å². The van der Waals surface area contributed by atoms with Gasteiger partial charge in [0.05, 0.1) is 7.11 Å². The number of nitrogens with one attached hydrogen (secondary N) is 1. The average molecular weight is 315 g/mol. The van der Waals surface area contributed by atoms with Crippen LogP contribution in [-0.4, -0.2) is 24.5 Å². The number of benzene rings is 1. The minimum Gasteiger partial charge on any atom is -0.497 e. The molecule has 0 aromatic heterocycles. The van der Waals surface area contributed by atoms with E-state index in [-0.39, 0.29) is 29.8 Å². The maximum Gasteiger partial charge on any atom is 0.175 e. The summed E-state index contributed by atoms with van der Waals surface area (Å²) in [5, 5.41) is 2.93. The van der Waals surface area contributed by atoms with Gasteiger partial charge >= 0.3 is 0 Å². The SMILES string of the molecule is COc1cccc(NC=CC(=O)C2C(=O)CC(C)(C)CC2=O)c1. The minimum absolute atomic E-state index is 0.256. The summed E-state index contributed by atoms with van der Waals surface area (Å²) in [5.41, 5.74) is 0.392. The molecule has 0 bridgehead atoms. The second-order valence-electron chi connectivity index (χ2n) is 6.50. The first kappa shape index (κ1) is 16.9. The van der Waals surface area contributed by atoms with Crippen LogP contribution in [0.1, 0.15) is 26.7 Å². The summed E-state index contributed by atoms with van der Waals surface area (Å²) in [7, 11) is 1.57. The van der Waals surface area contributed by atoms with Gasteiger partial charge in [0.25, 0.3) is 0 Å². The summed E-state index contributed by atoms with van der Waals surface area (Å²) in [5.74, 6) is -1.50. The zero-order valence-electron chi connectivity index (χ0n) is 13.6. The molecule has 1 aromatic carbocycles. The fraction of sp³-hybridized carbons (Fsp3) is 0.389. The number of hydrogen-bond acceptors (Lipinski definition) is 5. The highest BCUT2D eigenvalue weighted by molar-refractivity contribution is 6.23. The maximum atomic E-state index is 12.2. The number of carbonyl (C=O) groups is 3. The van der Waals surface area contributed by atoms with E-state index in [9.17, 15) is 14.4 Å². The van der Waals surface area contributed by atoms with Crippen molar-refractivity contribution in [3.63, 3.8) is 0 Å². The van der Waals surface area contributed by atoms with Gasteiger partial charge in [-0.2, -0.15) is 0 Å². The molecule has 1 fully saturated rings. The van der Waals surface area contributed by atoms with Crippen molar-refractivity contribution in [1.82, 2.24) is 0 Å². The molecule has 0 spiro atoms. The van der Waals surface area contributed by atoms with Gasteiger partial charge in [-0.05, 0) is 23.6 Å². The second-order valence-corrected chi connectivity index (χ2v) is 6.50. The van der Waals surface area contributed by atoms with Gasteiger partial charge in [-0.3, -0.25) is 14.4 Å². The van der Waals surface area contributed by atoms with E-state index in [0.717, 1.165) is 5.69 Å². The Hall–Kier alpha value is -2.43. The Kier molecular flexibility index (Phi) is 4.98. The number of rotatable bonds is 5. The van der Waals surface area contributed by atoms with Crippen LogP contribution in [0.25, 0.3) is 0 Å². The predicted octanol–water partition coefficient (Wildman–Crippen LogP) is 2.76. The summed E-state index contributed by atoms with van der Waals surface area (Å²) in [6, 6.07) is 7.21. The highest BCUT2D eigenvalue weighted by Gasteiger charge is 2.42. The van der Waals surface area contributed by atoms with Crippen LogP contribution < -0.4 is 10.1 Å². The molecule has 23 heavy (non-hydrogen) atoms. The van der Waals surface area contributed by atoms with Crippen LogP contribution in [0.2, 0.25) is 0 Å². The number of ketones is 3. The molecule has 5 nitrogen and oxygen atoms in total. The molecular formula is C18H21NO4. The molecule has 5 heteroatoms. The number of ether oxygens (including phenoxy) is 1. The molecule has 0 aliphatic heterocycles. The van der Waals surface area contributed by atoms with Crippen LogP contribution in [0.5, 0.6) is 5.75 Å². The zero-order chi connectivity index (χ0) is 17.0. The van der Waals surface area contributed by atoms with E-state index >= 15 is 0 Å². The monoisotopic (exact) mass is 315 g/mol. The van der Waals surface area contributed by atoms with E-state index in [0.29, 0.717) is 5.75 Å². The number of Topliss-reactive ketones (excluding diaryl/α,β-unsaturated/α-hetero) is 2. The van der Waals surface area contributed by atoms with Crippen LogP contribution in [0.3, 0.4) is 0 Å². The third-order valence-electron chi connectivity index (χ3n) is 3.80. The Labute approximate surface area is 135 Å². The molecule has 0 radical (unpaired) electrons. The molecular weight excluding hydrogens is 294 g/mol. The lowest BCUT2D eigenvalue weighted by Gasteiger charge is -2.30. The fourth-order valence-corrected chi connectivity index (χ4v) is 2.74. The molecule has 0 saturated heterocycles. The molecule has 1 aliphatic rings. The average Bonchev–Trinajstić information content (AvgIpc) is 2.45. The third kappa shape index (κ3) is 4.28. The summed E-state index contributed by atoms with van der Waals surface area (Å²) in [6.45, 7) is 3.73. The Balaban J connectivity index is 2.01. The Morgan fingerprint density at radius 3 is 2.52 bits per heavy atom. The van der Waals surface area contributed by atoms with Crippen molar-refractivity contribution in [3.8, 4) is 5.75 Å². The van der Waals surface area contributed by atoms with E-state index in [1.165, 1.54) is 12.3 Å². The van der Waals surface area contributed by atoms with Gasteiger partial charge in [0.2, 0.25) is 0 Å². The van der Waals surface area contributed by atoms with Gasteiger partial charge in [-0.25, -0.2) is 0 Å². The molecule has 1 aliphatic carbocycles. The minimum atomic E-state index is -1.15. The van der Waals surface area contributed by atoms with Gasteiger partial charge in [0.1, 0.15) is 11.7 Å². The van der Waals surface area contributed by atoms with E-state index in [1.54, 1.807) is 19.2 Å². The number of allylic oxidation sites excluding steroid dienone is 1. The maximum absolute atomic E-state index is 12.2. The summed E-state index contributed by atoms with van der Waals surface area (Å²) < 4.78 is 5.10. The molecule has 122 valence electrons. The standard InChI is InChI=1S/C18H21NO4/c1-18(2)10-15(21)17(16(22)11-18)14(20)7-8-19-12-5-4-6-13(9-12)23-3/h4-9,17,19H,10-11H2,1-3H3. The molecule has 0 unspecified atom stereocenters. The van der Waals surface area contributed by atoms with Crippen LogP contribution in [0.15, 0.2) is 36.5 Å². The zero-order valence-corrected chi connectivity index (χ0v) is 13.6. The van der Waals surface area contributed by atoms with E-state index in [1.807, 2.05) is 26.0 Å². The van der Waals surface area contributed by atoms with Crippen LogP contribution >= 0.6 is 0 Å². The molecule has 1 saturated carbocycles. The molecule has 0 amide bonds. The second kappa shape index (κ2) is 6.77. The van der Waals surface area contributed by atoms with Gasteiger partial charge < -0.3 is 10.1 Å². The van der Waals surface area contributed by atoms with Crippen molar-refractivity contribution in [1.29, 1.82) is 0 Å². The van der Waals surface area contributed by atoms with Gasteiger partial charge in [-0.1, -0.05) is 19.9 Å². The van der Waals surface area contributed by atoms with E-state index in [2.05, 4.69) is 5.32 Å². The normalized spacial score (nSPS) is 18.2. The van der Waals surface area contributed by atoms with Crippen molar-refractivity contribution in [3.05, 3.63) is 36.5 Å². The predicted molar refractivity (Wildman–Crippen MR) is 87.3 cm³/mol. The Bertz CT molecular complexity index is 641. The largest absolute Gasteiger partial charge is 0.497 e. The number of methoxy groups -OCH3 is 1. The van der Waals surface area contributed by atoms with E-state index < -0.39 is 11.7 Å². The van der Waals surface area contributed by atoms with Crippen LogP contribution in [0.4, 0.5) is 5.69 Å². The topological polar surface area (TPSA) is 72.5 Å². The highest BCUT2D eigenvalue weighted by atomic mass is 16.5. The number of anilines is 1. The van der Waals surface area contributed by atoms with Gasteiger partial charge in [0, 0.05) is 30.8 Å². The quantitative estimate of drug-likeness (QED) is 0.668. The Morgan fingerprint density at radius 1 is 1.26 bits per heavy atom. The first-order valence-corrected chi connectivity index (χ1v) is 7.49. The smallest absolute Gasteiger partial charge is 0.175 e. The fourth-order valence-electron chi connectivity index (χ4n) is 2.74. The lowest BCUT2D eigenvalue weighted by atomic mass is 9.70. The molecule has 1 N–H and O–H groups in total. The third-order valence-corrected chi connectivity index (χ3v) is 3.80. The van der Waals surface area contributed by atoms with Crippen LogP contribution in [0, 0.1) is 11.3 Å². The highest BCUT2D eigenvalue weighted by Crippen LogP contribution is 2.34. The summed E-state index contributed by atoms with van der Waals surface area (Å²) >= 11 is 0. The molecule has 0 atom stereocenters. The van der Waals surface area contributed by atoms with Crippen molar-refractivity contribution < 1.29 is 19.1 Å². The summed E-state index contributed by atoms with van der Waals surface area (Å²) in [6.07, 6.45) is 3.20. The lowest BCUT2D eigenvalue weighted by Crippen LogP contribution is -2.41. The van der Waals surface area contributed by atoms with E-state index in [4.69, 9.17) is 4.74 Å². The molecule has 2 rings (SSSR count). The lowest BCUT2D eigenvalue weighted by molar-refractivity contribution is -0.143. The first-order chi connectivity index (χ1) is 10.8. The first-order valence-electron chi connectivity index (χ1n) is 7.49. The number of hydrogen-bond donors (Lipinski definition) is 1. The summed E-state index contributed by atoms with van der Waals surface area (Å²) in [4.78, 5) is 36.3. The Morgan fingerprint density at radius 2 is 1.91 bits per heavy atom. The van der Waals surface area contributed by atoms with Crippen molar-refractivity contribution >= 4 is 23.0 Å². The van der Waals surface area contributed by atoms with Crippen molar-refractivity contribution in [2.75, 3.05) is 12.4 Å². The van der Waals surface area contributed by atoms with Gasteiger partial charge in [0.15, 0.2) is 17.3 Å². The molecule has 1 aromatic rings.